The molecule has 0 spiro atoms. The molecule has 1 amide bonds. The van der Waals surface area contributed by atoms with Crippen molar-refractivity contribution in [3.05, 3.63) is 34.6 Å². The summed E-state index contributed by atoms with van der Waals surface area (Å²) >= 11 is 5.88. The molecule has 2 unspecified atom stereocenters. The number of nitrogens with one attached hydrogen (secondary N) is 1. The highest BCUT2D eigenvalue weighted by Gasteiger charge is 2.25. The topological polar surface area (TPSA) is 29.1 Å². The Morgan fingerprint density at radius 3 is 2.78 bits per heavy atom. The van der Waals surface area contributed by atoms with E-state index in [2.05, 4.69) is 12.2 Å². The molecule has 0 aromatic heterocycles. The molecule has 4 heteroatoms. The summed E-state index contributed by atoms with van der Waals surface area (Å²) in [5.41, 5.74) is -0.0445. The van der Waals surface area contributed by atoms with E-state index in [9.17, 15) is 9.18 Å². The van der Waals surface area contributed by atoms with E-state index in [4.69, 9.17) is 11.6 Å². The van der Waals surface area contributed by atoms with E-state index < -0.39 is 11.7 Å². The van der Waals surface area contributed by atoms with Crippen LogP contribution in [0.15, 0.2) is 18.2 Å². The summed E-state index contributed by atoms with van der Waals surface area (Å²) in [4.78, 5) is 12.1. The Kier molecular flexibility index (Phi) is 4.23. The molecule has 1 N–H and O–H groups in total. The molecule has 1 fully saturated rings. The lowest BCUT2D eigenvalue weighted by Gasteiger charge is -2.29. The fourth-order valence-corrected chi connectivity index (χ4v) is 2.73. The Bertz CT molecular complexity index is 429. The van der Waals surface area contributed by atoms with Crippen molar-refractivity contribution in [2.24, 2.45) is 5.92 Å². The van der Waals surface area contributed by atoms with E-state index in [1.54, 1.807) is 0 Å². The minimum atomic E-state index is -0.566. The zero-order valence-electron chi connectivity index (χ0n) is 10.4. The van der Waals surface area contributed by atoms with Crippen molar-refractivity contribution in [2.45, 2.75) is 38.6 Å². The molecule has 0 bridgehead atoms. The molecular weight excluding hydrogens is 253 g/mol. The average molecular weight is 270 g/mol. The SMILES string of the molecule is CC1CCCCC1NC(=O)c1c(F)cccc1Cl. The second kappa shape index (κ2) is 5.70. The van der Waals surface area contributed by atoms with Crippen LogP contribution in [0.25, 0.3) is 0 Å². The molecule has 18 heavy (non-hydrogen) atoms. The molecule has 98 valence electrons. The number of hydrogen-bond acceptors (Lipinski definition) is 1. The highest BCUT2D eigenvalue weighted by atomic mass is 35.5. The minimum Gasteiger partial charge on any atom is -0.349 e. The molecule has 1 aliphatic rings. The Morgan fingerprint density at radius 1 is 1.39 bits per heavy atom. The molecule has 0 heterocycles. The Labute approximate surface area is 112 Å². The maximum atomic E-state index is 13.6. The summed E-state index contributed by atoms with van der Waals surface area (Å²) in [6, 6.07) is 4.41. The van der Waals surface area contributed by atoms with Crippen LogP contribution in [0.3, 0.4) is 0 Å². The van der Waals surface area contributed by atoms with Gasteiger partial charge in [0, 0.05) is 6.04 Å². The van der Waals surface area contributed by atoms with Crippen LogP contribution in [0, 0.1) is 11.7 Å². The van der Waals surface area contributed by atoms with Crippen LogP contribution in [0.1, 0.15) is 43.0 Å². The van der Waals surface area contributed by atoms with Crippen molar-refractivity contribution >= 4 is 17.5 Å². The molecule has 1 aromatic carbocycles. The van der Waals surface area contributed by atoms with Crippen LogP contribution >= 0.6 is 11.6 Å². The average Bonchev–Trinajstić information content (AvgIpc) is 2.32. The number of rotatable bonds is 2. The van der Waals surface area contributed by atoms with Crippen LogP contribution < -0.4 is 5.32 Å². The van der Waals surface area contributed by atoms with Crippen LogP contribution in [0.4, 0.5) is 4.39 Å². The predicted octanol–water partition coefficient (Wildman–Crippen LogP) is 3.79. The van der Waals surface area contributed by atoms with Gasteiger partial charge in [-0.3, -0.25) is 4.79 Å². The van der Waals surface area contributed by atoms with Gasteiger partial charge in [-0.25, -0.2) is 4.39 Å². The van der Waals surface area contributed by atoms with Gasteiger partial charge < -0.3 is 5.32 Å². The molecule has 2 nitrogen and oxygen atoms in total. The number of hydrogen-bond donors (Lipinski definition) is 1. The van der Waals surface area contributed by atoms with Crippen LogP contribution in [-0.2, 0) is 0 Å². The zero-order valence-corrected chi connectivity index (χ0v) is 11.1. The van der Waals surface area contributed by atoms with Gasteiger partial charge in [0.2, 0.25) is 0 Å². The number of carbonyl (C=O) groups is 1. The molecule has 0 aliphatic heterocycles. The van der Waals surface area contributed by atoms with Crippen molar-refractivity contribution in [3.63, 3.8) is 0 Å². The van der Waals surface area contributed by atoms with E-state index >= 15 is 0 Å². The van der Waals surface area contributed by atoms with E-state index in [0.717, 1.165) is 19.3 Å². The van der Waals surface area contributed by atoms with Crippen molar-refractivity contribution in [1.29, 1.82) is 0 Å². The number of benzene rings is 1. The first-order valence-electron chi connectivity index (χ1n) is 6.34. The smallest absolute Gasteiger partial charge is 0.256 e. The molecule has 1 aliphatic carbocycles. The summed E-state index contributed by atoms with van der Waals surface area (Å²) in [7, 11) is 0. The van der Waals surface area contributed by atoms with Crippen molar-refractivity contribution in [3.8, 4) is 0 Å². The van der Waals surface area contributed by atoms with Gasteiger partial charge in [0.05, 0.1) is 10.6 Å². The van der Waals surface area contributed by atoms with Gasteiger partial charge in [-0.1, -0.05) is 37.4 Å². The largest absolute Gasteiger partial charge is 0.349 e. The maximum Gasteiger partial charge on any atom is 0.256 e. The first kappa shape index (κ1) is 13.3. The highest BCUT2D eigenvalue weighted by Crippen LogP contribution is 2.25. The van der Waals surface area contributed by atoms with E-state index in [1.165, 1.54) is 24.6 Å². The number of carbonyl (C=O) groups excluding carboxylic acids is 1. The standard InChI is InChI=1S/C14H17ClFNO/c1-9-5-2-3-8-12(9)17-14(18)13-10(15)6-4-7-11(13)16/h4,6-7,9,12H,2-3,5,8H2,1H3,(H,17,18). The van der Waals surface area contributed by atoms with E-state index in [-0.39, 0.29) is 16.6 Å². The van der Waals surface area contributed by atoms with Crippen molar-refractivity contribution < 1.29 is 9.18 Å². The Hall–Kier alpha value is -1.09. The molecule has 0 saturated heterocycles. The Balaban J connectivity index is 2.12. The van der Waals surface area contributed by atoms with Crippen LogP contribution in [0.5, 0.6) is 0 Å². The van der Waals surface area contributed by atoms with Crippen LogP contribution in [0.2, 0.25) is 5.02 Å². The monoisotopic (exact) mass is 269 g/mol. The van der Waals surface area contributed by atoms with Gasteiger partial charge in [-0.2, -0.15) is 0 Å². The minimum absolute atomic E-state index is 0.0445. The number of amides is 1. The lowest BCUT2D eigenvalue weighted by molar-refractivity contribution is 0.0906. The summed E-state index contributed by atoms with van der Waals surface area (Å²) in [6.45, 7) is 2.12. The first-order valence-corrected chi connectivity index (χ1v) is 6.72. The Morgan fingerprint density at radius 2 is 2.11 bits per heavy atom. The summed E-state index contributed by atoms with van der Waals surface area (Å²) < 4.78 is 13.6. The third kappa shape index (κ3) is 2.83. The number of halogens is 2. The molecule has 1 saturated carbocycles. The van der Waals surface area contributed by atoms with Gasteiger partial charge in [-0.05, 0) is 30.9 Å². The normalized spacial score (nSPS) is 23.7. The summed E-state index contributed by atoms with van der Waals surface area (Å²) in [6.07, 6.45) is 4.38. The third-order valence-corrected chi connectivity index (χ3v) is 3.93. The van der Waals surface area contributed by atoms with Gasteiger partial charge in [0.1, 0.15) is 5.82 Å². The van der Waals surface area contributed by atoms with Crippen molar-refractivity contribution in [2.75, 3.05) is 0 Å². The molecule has 0 radical (unpaired) electrons. The predicted molar refractivity (Wildman–Crippen MR) is 70.3 cm³/mol. The molecular formula is C14H17ClFNO. The first-order chi connectivity index (χ1) is 8.59. The quantitative estimate of drug-likeness (QED) is 0.870. The molecule has 1 aromatic rings. The lowest BCUT2D eigenvalue weighted by atomic mass is 9.86. The summed E-state index contributed by atoms with van der Waals surface area (Å²) in [5.74, 6) is -0.534. The third-order valence-electron chi connectivity index (χ3n) is 3.62. The summed E-state index contributed by atoms with van der Waals surface area (Å²) in [5, 5.41) is 3.07. The fraction of sp³-hybridized carbons (Fsp3) is 0.500. The van der Waals surface area contributed by atoms with Crippen LogP contribution in [-0.4, -0.2) is 11.9 Å². The fourth-order valence-electron chi connectivity index (χ4n) is 2.49. The zero-order chi connectivity index (χ0) is 13.1. The van der Waals surface area contributed by atoms with E-state index in [0.29, 0.717) is 5.92 Å². The lowest BCUT2D eigenvalue weighted by Crippen LogP contribution is -2.41. The molecule has 2 rings (SSSR count). The second-order valence-corrected chi connectivity index (χ2v) is 5.35. The maximum absolute atomic E-state index is 13.6. The second-order valence-electron chi connectivity index (χ2n) is 4.94. The van der Waals surface area contributed by atoms with Crippen molar-refractivity contribution in [1.82, 2.24) is 5.32 Å². The highest BCUT2D eigenvalue weighted by molar-refractivity contribution is 6.33. The van der Waals surface area contributed by atoms with Gasteiger partial charge in [0.15, 0.2) is 0 Å². The molecule has 2 atom stereocenters. The van der Waals surface area contributed by atoms with Gasteiger partial charge >= 0.3 is 0 Å². The van der Waals surface area contributed by atoms with E-state index in [1.807, 2.05) is 0 Å². The van der Waals surface area contributed by atoms with Gasteiger partial charge in [0.25, 0.3) is 5.91 Å². The van der Waals surface area contributed by atoms with Gasteiger partial charge in [-0.15, -0.1) is 0 Å².